The van der Waals surface area contributed by atoms with Gasteiger partial charge < -0.3 is 10.1 Å². The second-order valence-corrected chi connectivity index (χ2v) is 12.4. The van der Waals surface area contributed by atoms with Gasteiger partial charge in [0.2, 0.25) is 10.0 Å². The molecule has 40 heavy (non-hydrogen) atoms. The fourth-order valence-corrected chi connectivity index (χ4v) is 6.46. The molecule has 3 aliphatic rings. The Morgan fingerprint density at radius 2 is 1.90 bits per heavy atom. The van der Waals surface area contributed by atoms with Gasteiger partial charge in [0.05, 0.1) is 17.8 Å². The molecule has 1 saturated carbocycles. The summed E-state index contributed by atoms with van der Waals surface area (Å²) in [5.41, 5.74) is 0.943. The Hall–Kier alpha value is -2.97. The van der Waals surface area contributed by atoms with E-state index in [9.17, 15) is 39.6 Å². The van der Waals surface area contributed by atoms with E-state index in [0.29, 0.717) is 30.9 Å². The fraction of sp³-hybridized carbons (Fsp3) is 0.600. The lowest BCUT2D eigenvalue weighted by molar-refractivity contribution is -0.136. The molecule has 0 bridgehead atoms. The minimum absolute atomic E-state index is 0.0924. The van der Waals surface area contributed by atoms with Gasteiger partial charge in [0.15, 0.2) is 11.6 Å². The van der Waals surface area contributed by atoms with Crippen LogP contribution in [0.1, 0.15) is 65.7 Å². The minimum Gasteiger partial charge on any atom is -0.494 e. The largest absolute Gasteiger partial charge is 0.494 e. The summed E-state index contributed by atoms with van der Waals surface area (Å²) in [6.07, 6.45) is -6.48. The van der Waals surface area contributed by atoms with E-state index < -0.39 is 46.0 Å². The fourth-order valence-electron chi connectivity index (χ4n) is 5.45. The minimum atomic E-state index is -4.97. The highest BCUT2D eigenvalue weighted by Gasteiger charge is 2.47. The molecule has 2 aromatic rings. The number of amides is 1. The topological polar surface area (TPSA) is 102 Å². The molecular weight excluding hydrogens is 566 g/mol. The van der Waals surface area contributed by atoms with Crippen LogP contribution in [-0.4, -0.2) is 48.8 Å². The first-order chi connectivity index (χ1) is 18.6. The molecule has 1 spiro atoms. The lowest BCUT2D eigenvalue weighted by atomic mass is 9.83. The van der Waals surface area contributed by atoms with Crippen LogP contribution in [0.15, 0.2) is 18.2 Å². The molecule has 2 heterocycles. The monoisotopic (exact) mass is 594 g/mol. The Labute approximate surface area is 226 Å². The number of aryl methyl sites for hydroxylation is 2. The summed E-state index contributed by atoms with van der Waals surface area (Å²) in [7, 11) is -4.86. The number of hydrogen-bond acceptors (Lipinski definition) is 5. The van der Waals surface area contributed by atoms with Crippen LogP contribution in [0, 0.1) is 5.92 Å². The highest BCUT2D eigenvalue weighted by molar-refractivity contribution is 7.92. The first-order valence-electron chi connectivity index (χ1n) is 13.0. The number of benzene rings is 1. The SMILES string of the molecule is O=C1N[C@@]2(CCc3cc(OCCCC(F)(F)F)ccc32)Cc2nn(CCC3CC3)c(NS(=O)(=O)CC(F)(F)F)c21. The zero-order chi connectivity index (χ0) is 28.9. The van der Waals surface area contributed by atoms with E-state index >= 15 is 0 Å². The molecule has 2 N–H and O–H groups in total. The van der Waals surface area contributed by atoms with Crippen molar-refractivity contribution >= 4 is 21.7 Å². The maximum Gasteiger partial charge on any atom is 0.404 e. The number of ether oxygens (including phenoxy) is 1. The summed E-state index contributed by atoms with van der Waals surface area (Å²) >= 11 is 0. The number of carbonyl (C=O) groups is 1. The third kappa shape index (κ3) is 6.50. The molecule has 1 aromatic heterocycles. The number of aromatic nitrogens is 2. The molecule has 0 saturated heterocycles. The van der Waals surface area contributed by atoms with Crippen LogP contribution in [0.3, 0.4) is 0 Å². The summed E-state index contributed by atoms with van der Waals surface area (Å²) in [5, 5.41) is 7.43. The molecule has 1 amide bonds. The van der Waals surface area contributed by atoms with Gasteiger partial charge in [-0.25, -0.2) is 13.1 Å². The van der Waals surface area contributed by atoms with E-state index in [1.807, 2.05) is 4.72 Å². The predicted molar refractivity (Wildman–Crippen MR) is 131 cm³/mol. The third-order valence-electron chi connectivity index (χ3n) is 7.41. The number of alkyl halides is 6. The summed E-state index contributed by atoms with van der Waals surface area (Å²) in [6.45, 7) is 0.141. The van der Waals surface area contributed by atoms with E-state index in [1.165, 1.54) is 4.68 Å². The smallest absolute Gasteiger partial charge is 0.404 e. The maximum absolute atomic E-state index is 13.4. The molecule has 220 valence electrons. The van der Waals surface area contributed by atoms with Crippen LogP contribution in [0.4, 0.5) is 32.2 Å². The van der Waals surface area contributed by atoms with Crippen molar-refractivity contribution in [2.24, 2.45) is 5.92 Å². The van der Waals surface area contributed by atoms with Gasteiger partial charge in [-0.15, -0.1) is 0 Å². The molecule has 8 nitrogen and oxygen atoms in total. The summed E-state index contributed by atoms with van der Waals surface area (Å²) in [5.74, 6) is -2.18. The molecule has 0 radical (unpaired) electrons. The van der Waals surface area contributed by atoms with Crippen LogP contribution < -0.4 is 14.8 Å². The molecular formula is C25H28F6N4O4S. The lowest BCUT2D eigenvalue weighted by Crippen LogP contribution is -2.49. The number of hydrogen-bond donors (Lipinski definition) is 2. The number of rotatable bonds is 10. The molecule has 1 atom stereocenters. The van der Waals surface area contributed by atoms with Gasteiger partial charge in [0, 0.05) is 19.4 Å². The summed E-state index contributed by atoms with van der Waals surface area (Å²) in [4.78, 5) is 13.4. The van der Waals surface area contributed by atoms with Crippen molar-refractivity contribution in [3.05, 3.63) is 40.6 Å². The first kappa shape index (κ1) is 28.6. The van der Waals surface area contributed by atoms with Crippen molar-refractivity contribution in [1.29, 1.82) is 0 Å². The Morgan fingerprint density at radius 3 is 2.58 bits per heavy atom. The molecule has 1 fully saturated rings. The lowest BCUT2D eigenvalue weighted by Gasteiger charge is -2.35. The van der Waals surface area contributed by atoms with E-state index in [0.717, 1.165) is 24.0 Å². The van der Waals surface area contributed by atoms with Crippen LogP contribution in [0.2, 0.25) is 0 Å². The normalized spacial score (nSPS) is 20.8. The van der Waals surface area contributed by atoms with Crippen LogP contribution in [-0.2, 0) is 34.9 Å². The maximum atomic E-state index is 13.4. The number of fused-ring (bicyclic) bond motifs is 3. The third-order valence-corrected chi connectivity index (χ3v) is 8.62. The molecule has 15 heteroatoms. The summed E-state index contributed by atoms with van der Waals surface area (Å²) in [6, 6.07) is 5.08. The van der Waals surface area contributed by atoms with Gasteiger partial charge in [-0.2, -0.15) is 31.4 Å². The highest BCUT2D eigenvalue weighted by atomic mass is 32.2. The Balaban J connectivity index is 1.39. The average molecular weight is 595 g/mol. The first-order valence-corrected chi connectivity index (χ1v) is 14.6. The van der Waals surface area contributed by atoms with Gasteiger partial charge in [-0.05, 0) is 54.9 Å². The molecule has 1 aromatic carbocycles. The van der Waals surface area contributed by atoms with Crippen LogP contribution in [0.25, 0.3) is 0 Å². The van der Waals surface area contributed by atoms with Gasteiger partial charge in [0.1, 0.15) is 11.3 Å². The van der Waals surface area contributed by atoms with Gasteiger partial charge in [-0.3, -0.25) is 9.52 Å². The van der Waals surface area contributed by atoms with E-state index in [-0.39, 0.29) is 43.1 Å². The standard InChI is InChI=1S/C25H28F6N4O4S/c26-24(27,28)8-1-11-39-17-4-5-18-16(12-17)6-9-23(18)13-19-20(22(36)32-23)21(34-40(37,38)14-25(29,30)31)35(33-19)10-7-15-2-3-15/h4-5,12,15,34H,1-3,6-11,13-14H2,(H,32,36)/t23-/m0/s1. The number of nitrogens with zero attached hydrogens (tertiary/aromatic N) is 2. The van der Waals surface area contributed by atoms with Crippen LogP contribution in [0.5, 0.6) is 5.75 Å². The molecule has 2 aliphatic carbocycles. The van der Waals surface area contributed by atoms with Gasteiger partial charge in [0.25, 0.3) is 5.91 Å². The van der Waals surface area contributed by atoms with Crippen molar-refractivity contribution in [2.75, 3.05) is 17.1 Å². The highest BCUT2D eigenvalue weighted by Crippen LogP contribution is 2.45. The van der Waals surface area contributed by atoms with Gasteiger partial charge in [-0.1, -0.05) is 18.9 Å². The Bertz CT molecular complexity index is 1400. The predicted octanol–water partition coefficient (Wildman–Crippen LogP) is 4.84. The van der Waals surface area contributed by atoms with Crippen molar-refractivity contribution in [1.82, 2.24) is 15.1 Å². The van der Waals surface area contributed by atoms with E-state index in [4.69, 9.17) is 4.74 Å². The Kier molecular flexibility index (Phi) is 7.24. The van der Waals surface area contributed by atoms with Crippen molar-refractivity contribution in [2.45, 2.75) is 75.8 Å². The van der Waals surface area contributed by atoms with E-state index in [1.54, 1.807) is 18.2 Å². The number of nitrogens with one attached hydrogen (secondary N) is 2. The number of anilines is 1. The van der Waals surface area contributed by atoms with Crippen molar-refractivity contribution < 1.29 is 44.3 Å². The van der Waals surface area contributed by atoms with Crippen molar-refractivity contribution in [3.8, 4) is 5.75 Å². The number of carbonyl (C=O) groups excluding carboxylic acids is 1. The van der Waals surface area contributed by atoms with Crippen LogP contribution >= 0.6 is 0 Å². The molecule has 1 aliphatic heterocycles. The second kappa shape index (κ2) is 10.1. The van der Waals surface area contributed by atoms with Gasteiger partial charge >= 0.3 is 12.4 Å². The number of sulfonamides is 1. The zero-order valence-corrected chi connectivity index (χ0v) is 22.1. The van der Waals surface area contributed by atoms with Crippen molar-refractivity contribution in [3.63, 3.8) is 0 Å². The number of halogens is 6. The molecule has 5 rings (SSSR count). The molecule has 0 unspecified atom stereocenters. The second-order valence-electron chi connectivity index (χ2n) is 10.7. The summed E-state index contributed by atoms with van der Waals surface area (Å²) < 4.78 is 109. The quantitative estimate of drug-likeness (QED) is 0.303. The zero-order valence-electron chi connectivity index (χ0n) is 21.3. The Morgan fingerprint density at radius 1 is 1.15 bits per heavy atom. The van der Waals surface area contributed by atoms with E-state index in [2.05, 4.69) is 10.4 Å². The average Bonchev–Trinajstić information content (AvgIpc) is 3.51.